The van der Waals surface area contributed by atoms with Crippen LogP contribution in [0.15, 0.2) is 67.0 Å². The van der Waals surface area contributed by atoms with Crippen LogP contribution in [0, 0.1) is 0 Å². The summed E-state index contributed by atoms with van der Waals surface area (Å²) in [6.45, 7) is 1.60. The molecule has 4 heterocycles. The molecule has 14 nitrogen and oxygen atoms in total. The number of fused-ring (bicyclic) bond motifs is 1. The number of nitrogen functional groups attached to an aromatic ring is 1. The molecule has 15 heteroatoms. The number of rotatable bonds is 15. The minimum absolute atomic E-state index is 0.119. The Morgan fingerprint density at radius 2 is 1.42 bits per heavy atom. The van der Waals surface area contributed by atoms with E-state index in [0.717, 1.165) is 24.0 Å². The van der Waals surface area contributed by atoms with Crippen LogP contribution in [0.1, 0.15) is 49.7 Å². The van der Waals surface area contributed by atoms with E-state index in [4.69, 9.17) is 19.9 Å². The zero-order chi connectivity index (χ0) is 34.5. The molecule has 3 N–H and O–H groups in total. The van der Waals surface area contributed by atoms with Crippen molar-refractivity contribution in [1.82, 2.24) is 28.9 Å². The Labute approximate surface area is 290 Å². The van der Waals surface area contributed by atoms with Gasteiger partial charge in [0.15, 0.2) is 17.0 Å². The summed E-state index contributed by atoms with van der Waals surface area (Å²) in [6.07, 6.45) is 5.93. The van der Waals surface area contributed by atoms with Crippen molar-refractivity contribution < 1.29 is 28.4 Å². The second-order valence-electron chi connectivity index (χ2n) is 13.0. The number of aromatic nitrogens is 4. The first-order valence-corrected chi connectivity index (χ1v) is 19.1. The molecule has 50 heavy (non-hydrogen) atoms. The molecule has 1 aliphatic carbocycles. The number of nitrogens with two attached hydrogens (primary N) is 1. The highest BCUT2D eigenvalue weighted by atomic mass is 31.2. The summed E-state index contributed by atoms with van der Waals surface area (Å²) >= 11 is 0. The van der Waals surface area contributed by atoms with Crippen molar-refractivity contribution in [3.05, 3.63) is 78.1 Å². The summed E-state index contributed by atoms with van der Waals surface area (Å²) in [7, 11) is -3.64. The van der Waals surface area contributed by atoms with Crippen LogP contribution in [0.5, 0.6) is 0 Å². The van der Waals surface area contributed by atoms with Gasteiger partial charge >= 0.3 is 11.9 Å². The van der Waals surface area contributed by atoms with Gasteiger partial charge in [0, 0.05) is 25.7 Å². The van der Waals surface area contributed by atoms with E-state index in [2.05, 4.69) is 20.3 Å². The molecule has 264 valence electrons. The number of imidazole rings is 1. The van der Waals surface area contributed by atoms with E-state index in [-0.39, 0.29) is 32.1 Å². The van der Waals surface area contributed by atoms with Crippen molar-refractivity contribution in [3.8, 4) is 0 Å². The van der Waals surface area contributed by atoms with Gasteiger partial charge in [0.2, 0.25) is 13.4 Å². The monoisotopic (exact) mass is 702 g/mol. The average Bonchev–Trinajstić information content (AvgIpc) is 3.49. The van der Waals surface area contributed by atoms with Gasteiger partial charge in [-0.05, 0) is 49.7 Å². The summed E-state index contributed by atoms with van der Waals surface area (Å²) in [5.41, 5.74) is 8.96. The first-order chi connectivity index (χ1) is 24.4. The Morgan fingerprint density at radius 1 is 0.840 bits per heavy atom. The van der Waals surface area contributed by atoms with Gasteiger partial charge < -0.3 is 29.8 Å². The molecule has 3 fully saturated rings. The van der Waals surface area contributed by atoms with E-state index in [1.807, 2.05) is 65.2 Å². The van der Waals surface area contributed by atoms with Crippen molar-refractivity contribution in [1.29, 1.82) is 0 Å². The highest BCUT2D eigenvalue weighted by Crippen LogP contribution is 2.59. The molecule has 2 atom stereocenters. The Kier molecular flexibility index (Phi) is 10.4. The minimum Gasteiger partial charge on any atom is -0.460 e. The average molecular weight is 703 g/mol. The minimum atomic E-state index is -3.64. The van der Waals surface area contributed by atoms with Crippen molar-refractivity contribution in [2.75, 3.05) is 37.1 Å². The molecule has 3 aliphatic rings. The molecule has 7 rings (SSSR count). The summed E-state index contributed by atoms with van der Waals surface area (Å²) < 4.78 is 38.4. The summed E-state index contributed by atoms with van der Waals surface area (Å²) in [4.78, 5) is 40.3. The highest BCUT2D eigenvalue weighted by molar-refractivity contribution is 7.59. The van der Waals surface area contributed by atoms with Gasteiger partial charge in [0.25, 0.3) is 0 Å². The Bertz CT molecular complexity index is 1760. The fraction of sp³-hybridized carbons (Fsp3) is 0.457. The standard InChI is InChI=1S/C35H43N8O6P/c36-35-39-31(38-27-15-16-27)30-32(40-35)41(23-37-30)19-20-47-24-50(46,42-17-7-13-28(42)33(44)48-21-25-9-3-1-4-10-25)43-18-8-14-29(43)34(45)49-22-26-11-5-2-6-12-26/h1-6,9-12,23,27-29H,7-8,13-22,24H2,(H3,36,38,39,40)/t28-,29-/m0/s1. The van der Waals surface area contributed by atoms with Crippen molar-refractivity contribution in [2.24, 2.45) is 0 Å². The number of anilines is 2. The highest BCUT2D eigenvalue weighted by Gasteiger charge is 2.51. The van der Waals surface area contributed by atoms with Crippen LogP contribution in [-0.4, -0.2) is 85.0 Å². The Balaban J connectivity index is 1.08. The topological polar surface area (TPSA) is 167 Å². The molecule has 2 aromatic heterocycles. The fourth-order valence-electron chi connectivity index (χ4n) is 6.67. The maximum absolute atomic E-state index is 15.4. The van der Waals surface area contributed by atoms with Crippen LogP contribution in [0.4, 0.5) is 11.8 Å². The molecule has 0 spiro atoms. The number of esters is 2. The van der Waals surface area contributed by atoms with Gasteiger partial charge in [-0.3, -0.25) is 14.2 Å². The van der Waals surface area contributed by atoms with Gasteiger partial charge in [-0.25, -0.2) is 14.3 Å². The first kappa shape index (κ1) is 34.1. The number of hydrogen-bond acceptors (Lipinski definition) is 11. The molecule has 0 bridgehead atoms. The number of ether oxygens (including phenoxy) is 3. The van der Waals surface area contributed by atoms with E-state index >= 15 is 4.57 Å². The molecule has 0 radical (unpaired) electrons. The van der Waals surface area contributed by atoms with Crippen LogP contribution in [-0.2, 0) is 48.1 Å². The van der Waals surface area contributed by atoms with E-state index in [0.29, 0.717) is 68.3 Å². The van der Waals surface area contributed by atoms with Gasteiger partial charge in [-0.1, -0.05) is 60.7 Å². The SMILES string of the molecule is Nc1nc(NC2CC2)c2ncn(CCOCP(=O)(N3CCC[C@H]3C(=O)OCc3ccccc3)N3CCC[C@H]3C(=O)OCc3ccccc3)c2n1. The summed E-state index contributed by atoms with van der Waals surface area (Å²) in [5, 5.41) is 3.36. The lowest BCUT2D eigenvalue weighted by atomic mass is 10.2. The lowest BCUT2D eigenvalue weighted by Crippen LogP contribution is -2.44. The lowest BCUT2D eigenvalue weighted by molar-refractivity contribution is -0.149. The second kappa shape index (κ2) is 15.3. The molecular formula is C35H43N8O6P. The summed E-state index contributed by atoms with van der Waals surface area (Å²) in [5.74, 6) is -0.123. The van der Waals surface area contributed by atoms with Crippen LogP contribution < -0.4 is 11.1 Å². The zero-order valence-corrected chi connectivity index (χ0v) is 28.8. The molecule has 2 aliphatic heterocycles. The number of nitrogens with zero attached hydrogens (tertiary/aromatic N) is 6. The third-order valence-corrected chi connectivity index (χ3v) is 12.5. The largest absolute Gasteiger partial charge is 0.460 e. The number of benzene rings is 2. The quantitative estimate of drug-likeness (QED) is 0.101. The predicted octanol–water partition coefficient (Wildman–Crippen LogP) is 4.57. The predicted molar refractivity (Wildman–Crippen MR) is 187 cm³/mol. The summed E-state index contributed by atoms with van der Waals surface area (Å²) in [6, 6.07) is 17.8. The van der Waals surface area contributed by atoms with Crippen molar-refractivity contribution >= 4 is 42.3 Å². The van der Waals surface area contributed by atoms with Crippen LogP contribution in [0.3, 0.4) is 0 Å². The molecular weight excluding hydrogens is 659 g/mol. The first-order valence-electron chi connectivity index (χ1n) is 17.3. The second-order valence-corrected chi connectivity index (χ2v) is 15.6. The fourth-order valence-corrected chi connectivity index (χ4v) is 9.83. The van der Waals surface area contributed by atoms with Gasteiger partial charge in [-0.2, -0.15) is 9.97 Å². The van der Waals surface area contributed by atoms with Crippen LogP contribution >= 0.6 is 7.44 Å². The third kappa shape index (κ3) is 7.68. The number of carbonyl (C=O) groups excluding carboxylic acids is 2. The third-order valence-electron chi connectivity index (χ3n) is 9.38. The molecule has 2 aromatic carbocycles. The van der Waals surface area contributed by atoms with E-state index in [1.54, 1.807) is 15.7 Å². The van der Waals surface area contributed by atoms with E-state index in [9.17, 15) is 9.59 Å². The van der Waals surface area contributed by atoms with Crippen LogP contribution in [0.25, 0.3) is 11.2 Å². The number of nitrogens with one attached hydrogen (secondary N) is 1. The van der Waals surface area contributed by atoms with Crippen molar-refractivity contribution in [2.45, 2.75) is 76.4 Å². The zero-order valence-electron chi connectivity index (χ0n) is 27.9. The number of hydrogen-bond donors (Lipinski definition) is 2. The van der Waals surface area contributed by atoms with Crippen molar-refractivity contribution in [3.63, 3.8) is 0 Å². The smallest absolute Gasteiger partial charge is 0.324 e. The van der Waals surface area contributed by atoms with Gasteiger partial charge in [-0.15, -0.1) is 0 Å². The van der Waals surface area contributed by atoms with Crippen LogP contribution in [0.2, 0.25) is 0 Å². The van der Waals surface area contributed by atoms with E-state index in [1.165, 1.54) is 0 Å². The van der Waals surface area contributed by atoms with Gasteiger partial charge in [0.1, 0.15) is 31.6 Å². The molecule has 2 saturated heterocycles. The molecule has 4 aromatic rings. The maximum Gasteiger partial charge on any atom is 0.324 e. The molecule has 0 amide bonds. The lowest BCUT2D eigenvalue weighted by Gasteiger charge is -2.39. The maximum atomic E-state index is 15.4. The van der Waals surface area contributed by atoms with Gasteiger partial charge in [0.05, 0.1) is 12.9 Å². The molecule has 0 unspecified atom stereocenters. The Hall–Kier alpha value is -4.36. The number of carbonyl (C=O) groups is 2. The normalized spacial score (nSPS) is 19.9. The molecule has 1 saturated carbocycles. The Morgan fingerprint density at radius 3 is 1.98 bits per heavy atom. The van der Waals surface area contributed by atoms with E-state index < -0.39 is 31.5 Å².